The van der Waals surface area contributed by atoms with Gasteiger partial charge in [0.25, 0.3) is 5.91 Å². The summed E-state index contributed by atoms with van der Waals surface area (Å²) in [5.74, 6) is 0.277. The fourth-order valence-corrected chi connectivity index (χ4v) is 5.38. The van der Waals surface area contributed by atoms with Crippen LogP contribution in [0, 0.1) is 0 Å². The van der Waals surface area contributed by atoms with Gasteiger partial charge in [0.1, 0.15) is 11.9 Å². The summed E-state index contributed by atoms with van der Waals surface area (Å²) in [7, 11) is 0. The maximum Gasteiger partial charge on any atom is 0.416 e. The first-order valence-corrected chi connectivity index (χ1v) is 12.8. The number of piperidine rings is 1. The molecule has 0 N–H and O–H groups in total. The lowest BCUT2D eigenvalue weighted by Gasteiger charge is -2.39. The van der Waals surface area contributed by atoms with Crippen LogP contribution in [0.4, 0.5) is 13.2 Å². The molecule has 4 nitrogen and oxygen atoms in total. The number of benzene rings is 2. The minimum absolute atomic E-state index is 0.0416. The van der Waals surface area contributed by atoms with E-state index in [1.54, 1.807) is 6.07 Å². The highest BCUT2D eigenvalue weighted by molar-refractivity contribution is 5.95. The third kappa shape index (κ3) is 6.18. The highest BCUT2D eigenvalue weighted by Crippen LogP contribution is 2.39. The first-order valence-electron chi connectivity index (χ1n) is 12.8. The van der Waals surface area contributed by atoms with Crippen molar-refractivity contribution in [1.82, 2.24) is 9.80 Å². The first kappa shape index (κ1) is 25.5. The summed E-state index contributed by atoms with van der Waals surface area (Å²) in [6, 6.07) is 13.1. The molecule has 0 saturated carbocycles. The molecule has 7 heteroatoms. The number of alkyl halides is 3. The predicted molar refractivity (Wildman–Crippen MR) is 130 cm³/mol. The van der Waals surface area contributed by atoms with Gasteiger partial charge in [0.05, 0.1) is 5.56 Å². The Balaban J connectivity index is 1.37. The monoisotopic (exact) mass is 488 g/mol. The SMILES string of the molecule is CCCCN(CC)Cc1ccc(C(=O)N2C3CCC2CC(Oc2cccc(C(F)(F)F)c2)C3)cc1. The molecule has 0 radical (unpaired) electrons. The number of hydrogen-bond donors (Lipinski definition) is 0. The van der Waals surface area contributed by atoms with Gasteiger partial charge in [-0.1, -0.05) is 38.5 Å². The van der Waals surface area contributed by atoms with Crippen molar-refractivity contribution in [3.8, 4) is 5.75 Å². The molecule has 190 valence electrons. The van der Waals surface area contributed by atoms with Crippen LogP contribution in [0.25, 0.3) is 0 Å². The third-order valence-corrected chi connectivity index (χ3v) is 7.27. The van der Waals surface area contributed by atoms with Crippen molar-refractivity contribution >= 4 is 5.91 Å². The topological polar surface area (TPSA) is 32.8 Å². The summed E-state index contributed by atoms with van der Waals surface area (Å²) >= 11 is 0. The van der Waals surface area contributed by atoms with Gasteiger partial charge in [-0.25, -0.2) is 0 Å². The molecular formula is C28H35F3N2O2. The number of nitrogens with zero attached hydrogens (tertiary/aromatic N) is 2. The van der Waals surface area contributed by atoms with E-state index in [0.29, 0.717) is 18.4 Å². The number of ether oxygens (including phenoxy) is 1. The zero-order chi connectivity index (χ0) is 25.0. The Morgan fingerprint density at radius 2 is 1.74 bits per heavy atom. The van der Waals surface area contributed by atoms with E-state index in [-0.39, 0.29) is 29.8 Å². The number of halogens is 3. The van der Waals surface area contributed by atoms with E-state index in [1.807, 2.05) is 29.2 Å². The van der Waals surface area contributed by atoms with Crippen LogP contribution in [-0.2, 0) is 12.7 Å². The molecule has 2 heterocycles. The van der Waals surface area contributed by atoms with Crippen LogP contribution >= 0.6 is 0 Å². The Morgan fingerprint density at radius 1 is 1.06 bits per heavy atom. The fourth-order valence-electron chi connectivity index (χ4n) is 5.38. The summed E-state index contributed by atoms with van der Waals surface area (Å²) in [6.07, 6.45) is 0.854. The lowest BCUT2D eigenvalue weighted by atomic mass is 9.98. The average Bonchev–Trinajstić information content (AvgIpc) is 3.11. The summed E-state index contributed by atoms with van der Waals surface area (Å²) in [5, 5.41) is 0. The molecule has 2 atom stereocenters. The number of carbonyl (C=O) groups excluding carboxylic acids is 1. The minimum Gasteiger partial charge on any atom is -0.490 e. The highest BCUT2D eigenvalue weighted by Gasteiger charge is 2.44. The molecule has 4 rings (SSSR count). The van der Waals surface area contributed by atoms with Crippen LogP contribution in [0.5, 0.6) is 5.75 Å². The van der Waals surface area contributed by atoms with Gasteiger partial charge >= 0.3 is 6.18 Å². The van der Waals surface area contributed by atoms with Gasteiger partial charge < -0.3 is 9.64 Å². The smallest absolute Gasteiger partial charge is 0.416 e. The Labute approximate surface area is 206 Å². The molecule has 2 aliphatic heterocycles. The number of hydrogen-bond acceptors (Lipinski definition) is 3. The van der Waals surface area contributed by atoms with Crippen molar-refractivity contribution in [1.29, 1.82) is 0 Å². The minimum atomic E-state index is -4.39. The molecule has 35 heavy (non-hydrogen) atoms. The van der Waals surface area contributed by atoms with Crippen LogP contribution < -0.4 is 4.74 Å². The van der Waals surface area contributed by atoms with E-state index in [4.69, 9.17) is 4.74 Å². The summed E-state index contributed by atoms with van der Waals surface area (Å²) in [4.78, 5) is 17.8. The Kier molecular flexibility index (Phi) is 8.05. The number of carbonyl (C=O) groups is 1. The van der Waals surface area contributed by atoms with Crippen molar-refractivity contribution in [3.63, 3.8) is 0 Å². The van der Waals surface area contributed by atoms with Gasteiger partial charge in [-0.2, -0.15) is 13.2 Å². The summed E-state index contributed by atoms with van der Waals surface area (Å²) in [6.45, 7) is 7.33. The number of amides is 1. The maximum atomic E-state index is 13.4. The molecule has 2 bridgehead atoms. The predicted octanol–water partition coefficient (Wildman–Crippen LogP) is 6.54. The second-order valence-electron chi connectivity index (χ2n) is 9.75. The van der Waals surface area contributed by atoms with Crippen molar-refractivity contribution < 1.29 is 22.7 Å². The van der Waals surface area contributed by atoms with E-state index >= 15 is 0 Å². The van der Waals surface area contributed by atoms with Crippen LogP contribution in [0.1, 0.15) is 73.9 Å². The Bertz CT molecular complexity index is 978. The molecule has 2 aromatic carbocycles. The highest BCUT2D eigenvalue weighted by atomic mass is 19.4. The Hall–Kier alpha value is -2.54. The third-order valence-electron chi connectivity index (χ3n) is 7.27. The summed E-state index contributed by atoms with van der Waals surface area (Å²) < 4.78 is 45.1. The standard InChI is InChI=1S/C28H35F3N2O2/c1-3-5-15-32(4-2)19-20-9-11-21(12-10-20)27(34)33-23-13-14-24(33)18-26(17-23)35-25-8-6-7-22(16-25)28(29,30)31/h6-12,16,23-24,26H,3-5,13-15,17-19H2,1-2H3. The van der Waals surface area contributed by atoms with Crippen molar-refractivity contribution in [3.05, 3.63) is 65.2 Å². The van der Waals surface area contributed by atoms with Crippen LogP contribution in [0.3, 0.4) is 0 Å². The van der Waals surface area contributed by atoms with Gasteiger partial charge in [0.2, 0.25) is 0 Å². The molecule has 2 aliphatic rings. The zero-order valence-corrected chi connectivity index (χ0v) is 20.6. The Morgan fingerprint density at radius 3 is 2.34 bits per heavy atom. The van der Waals surface area contributed by atoms with E-state index in [1.165, 1.54) is 24.5 Å². The lowest BCUT2D eigenvalue weighted by molar-refractivity contribution is -0.137. The number of unbranched alkanes of at least 4 members (excludes halogenated alkanes) is 1. The van der Waals surface area contributed by atoms with E-state index in [0.717, 1.165) is 44.6 Å². The largest absolute Gasteiger partial charge is 0.490 e. The second kappa shape index (κ2) is 11.0. The molecule has 2 aromatic rings. The summed E-state index contributed by atoms with van der Waals surface area (Å²) in [5.41, 5.74) is 1.19. The van der Waals surface area contributed by atoms with Gasteiger partial charge in [0.15, 0.2) is 0 Å². The van der Waals surface area contributed by atoms with E-state index in [9.17, 15) is 18.0 Å². The molecule has 0 aliphatic carbocycles. The molecule has 2 unspecified atom stereocenters. The number of rotatable bonds is 9. The van der Waals surface area contributed by atoms with Crippen LogP contribution in [0.2, 0.25) is 0 Å². The number of fused-ring (bicyclic) bond motifs is 2. The van der Waals surface area contributed by atoms with Gasteiger partial charge in [-0.05, 0) is 68.2 Å². The molecule has 1 amide bonds. The van der Waals surface area contributed by atoms with Crippen molar-refractivity contribution in [2.24, 2.45) is 0 Å². The average molecular weight is 489 g/mol. The first-order chi connectivity index (χ1) is 16.8. The van der Waals surface area contributed by atoms with Crippen LogP contribution in [0.15, 0.2) is 48.5 Å². The van der Waals surface area contributed by atoms with Gasteiger partial charge in [0, 0.05) is 37.0 Å². The molecule has 0 aromatic heterocycles. The molecule has 2 saturated heterocycles. The van der Waals surface area contributed by atoms with Gasteiger partial charge in [-0.15, -0.1) is 0 Å². The quantitative estimate of drug-likeness (QED) is 0.402. The lowest BCUT2D eigenvalue weighted by Crippen LogP contribution is -2.49. The molecule has 0 spiro atoms. The van der Waals surface area contributed by atoms with Crippen molar-refractivity contribution in [2.75, 3.05) is 13.1 Å². The van der Waals surface area contributed by atoms with Gasteiger partial charge in [-0.3, -0.25) is 9.69 Å². The molecule has 2 fully saturated rings. The van der Waals surface area contributed by atoms with E-state index in [2.05, 4.69) is 18.7 Å². The van der Waals surface area contributed by atoms with Crippen molar-refractivity contribution in [2.45, 2.75) is 83.3 Å². The normalized spacial score (nSPS) is 22.0. The van der Waals surface area contributed by atoms with Crippen LogP contribution in [-0.4, -0.2) is 47.0 Å². The fraction of sp³-hybridized carbons (Fsp3) is 0.536. The molecular weight excluding hydrogens is 453 g/mol. The zero-order valence-electron chi connectivity index (χ0n) is 20.6. The maximum absolute atomic E-state index is 13.4. The second-order valence-corrected chi connectivity index (χ2v) is 9.75. The van der Waals surface area contributed by atoms with E-state index < -0.39 is 11.7 Å².